The van der Waals surface area contributed by atoms with Crippen molar-refractivity contribution in [3.63, 3.8) is 0 Å². The highest BCUT2D eigenvalue weighted by Crippen LogP contribution is 2.29. The van der Waals surface area contributed by atoms with E-state index in [-0.39, 0.29) is 11.7 Å². The first-order valence-electron chi connectivity index (χ1n) is 7.02. The Morgan fingerprint density at radius 2 is 1.72 bits per heavy atom. The molecule has 1 aromatic heterocycles. The Kier molecular flexibility index (Phi) is 7.76. The van der Waals surface area contributed by atoms with Gasteiger partial charge >= 0.3 is 0 Å². The van der Waals surface area contributed by atoms with Crippen LogP contribution in [0.2, 0.25) is 5.02 Å². The molecule has 0 atom stereocenters. The lowest BCUT2D eigenvalue weighted by Crippen LogP contribution is -2.42. The summed E-state index contributed by atoms with van der Waals surface area (Å²) in [4.78, 5) is 23.7. The monoisotopic (exact) mass is 414 g/mol. The van der Waals surface area contributed by atoms with E-state index in [1.165, 1.54) is 23.1 Å². The first-order chi connectivity index (χ1) is 11.9. The average molecular weight is 415 g/mol. The van der Waals surface area contributed by atoms with Gasteiger partial charge in [-0.3, -0.25) is 20.4 Å². The Morgan fingerprint density at radius 3 is 2.32 bits per heavy atom. The Balaban J connectivity index is 1.72. The van der Waals surface area contributed by atoms with Crippen molar-refractivity contribution >= 4 is 58.3 Å². The van der Waals surface area contributed by atoms with Crippen molar-refractivity contribution in [2.75, 3.05) is 11.5 Å². The third-order valence-electron chi connectivity index (χ3n) is 2.58. The molecule has 0 aliphatic carbocycles. The molecule has 0 radical (unpaired) electrons. The standard InChI is InChI=1S/C15H15ClN4O2S3/c1-9(2)7-23-14-19-20-15(25-14)24-8-12(21)17-18-13(22)10-3-5-11(16)6-4-10/h3-6H,1,7-8H2,2H3,(H,17,21)(H,18,22). The van der Waals surface area contributed by atoms with Crippen molar-refractivity contribution in [1.29, 1.82) is 0 Å². The van der Waals surface area contributed by atoms with E-state index in [9.17, 15) is 9.59 Å². The number of carbonyl (C=O) groups excluding carboxylic acids is 2. The highest BCUT2D eigenvalue weighted by Gasteiger charge is 2.10. The largest absolute Gasteiger partial charge is 0.272 e. The van der Waals surface area contributed by atoms with Crippen LogP contribution < -0.4 is 10.9 Å². The molecule has 0 aliphatic heterocycles. The van der Waals surface area contributed by atoms with Crippen molar-refractivity contribution in [2.24, 2.45) is 0 Å². The van der Waals surface area contributed by atoms with Crippen molar-refractivity contribution in [3.05, 3.63) is 47.0 Å². The Labute approximate surface area is 162 Å². The van der Waals surface area contributed by atoms with E-state index in [0.717, 1.165) is 15.7 Å². The van der Waals surface area contributed by atoms with Gasteiger partial charge in [-0.2, -0.15) is 0 Å². The van der Waals surface area contributed by atoms with E-state index in [0.29, 0.717) is 14.9 Å². The Bertz CT molecular complexity index is 764. The normalized spacial score (nSPS) is 10.3. The molecule has 0 saturated carbocycles. The predicted octanol–water partition coefficient (Wildman–Crippen LogP) is 3.41. The van der Waals surface area contributed by atoms with E-state index in [1.807, 2.05) is 6.92 Å². The highest BCUT2D eigenvalue weighted by molar-refractivity contribution is 8.03. The molecule has 0 fully saturated rings. The molecule has 132 valence electrons. The SMILES string of the molecule is C=C(C)CSc1nnc(SCC(=O)NNC(=O)c2ccc(Cl)cc2)s1. The third-order valence-corrected chi connectivity index (χ3v) is 6.25. The first-order valence-corrected chi connectivity index (χ1v) is 10.2. The number of nitrogens with zero attached hydrogens (tertiary/aromatic N) is 2. The summed E-state index contributed by atoms with van der Waals surface area (Å²) in [6.07, 6.45) is 0. The number of halogens is 1. The van der Waals surface area contributed by atoms with Crippen LogP contribution in [-0.2, 0) is 4.79 Å². The molecule has 2 amide bonds. The molecule has 0 aliphatic rings. The fraction of sp³-hybridized carbons (Fsp3) is 0.200. The predicted molar refractivity (Wildman–Crippen MR) is 103 cm³/mol. The van der Waals surface area contributed by atoms with Crippen LogP contribution in [0.1, 0.15) is 17.3 Å². The number of carbonyl (C=O) groups is 2. The van der Waals surface area contributed by atoms with Gasteiger partial charge in [0.1, 0.15) is 0 Å². The van der Waals surface area contributed by atoms with Gasteiger partial charge in [-0.1, -0.05) is 58.6 Å². The maximum Gasteiger partial charge on any atom is 0.269 e. The minimum atomic E-state index is -0.413. The van der Waals surface area contributed by atoms with Gasteiger partial charge in [0.05, 0.1) is 5.75 Å². The summed E-state index contributed by atoms with van der Waals surface area (Å²) in [7, 11) is 0. The second-order valence-corrected chi connectivity index (χ2v) is 8.74. The quantitative estimate of drug-likeness (QED) is 0.410. The van der Waals surface area contributed by atoms with Gasteiger partial charge in [-0.05, 0) is 31.2 Å². The van der Waals surface area contributed by atoms with E-state index < -0.39 is 5.91 Å². The van der Waals surface area contributed by atoms with Crippen molar-refractivity contribution in [1.82, 2.24) is 21.0 Å². The fourth-order valence-electron chi connectivity index (χ4n) is 1.46. The van der Waals surface area contributed by atoms with Crippen LogP contribution in [0.5, 0.6) is 0 Å². The van der Waals surface area contributed by atoms with Gasteiger partial charge in [0.25, 0.3) is 5.91 Å². The number of hydrogen-bond donors (Lipinski definition) is 2. The summed E-state index contributed by atoms with van der Waals surface area (Å²) in [5, 5.41) is 8.60. The summed E-state index contributed by atoms with van der Waals surface area (Å²) in [5.41, 5.74) is 6.17. The van der Waals surface area contributed by atoms with Gasteiger partial charge in [0, 0.05) is 16.3 Å². The summed E-state index contributed by atoms with van der Waals surface area (Å²) >= 11 is 10.0. The molecule has 25 heavy (non-hydrogen) atoms. The third kappa shape index (κ3) is 7.07. The molecule has 1 aromatic carbocycles. The molecule has 0 unspecified atom stereocenters. The fourth-order valence-corrected chi connectivity index (χ4v) is 4.25. The maximum absolute atomic E-state index is 11.9. The molecule has 0 spiro atoms. The molecule has 1 heterocycles. The molecule has 2 aromatic rings. The molecule has 6 nitrogen and oxygen atoms in total. The highest BCUT2D eigenvalue weighted by atomic mass is 35.5. The molecular formula is C15H15ClN4O2S3. The van der Waals surface area contributed by atoms with Crippen molar-refractivity contribution in [3.8, 4) is 0 Å². The number of aromatic nitrogens is 2. The molecule has 0 saturated heterocycles. The van der Waals surface area contributed by atoms with E-state index in [1.54, 1.807) is 36.0 Å². The first kappa shape index (κ1) is 19.8. The lowest BCUT2D eigenvalue weighted by molar-refractivity contribution is -0.119. The summed E-state index contributed by atoms with van der Waals surface area (Å²) in [6, 6.07) is 6.36. The molecular weight excluding hydrogens is 400 g/mol. The minimum absolute atomic E-state index is 0.126. The van der Waals surface area contributed by atoms with Gasteiger partial charge < -0.3 is 0 Å². The number of amides is 2. The van der Waals surface area contributed by atoms with Crippen LogP contribution in [-0.4, -0.2) is 33.5 Å². The number of thioether (sulfide) groups is 2. The smallest absolute Gasteiger partial charge is 0.269 e. The van der Waals surface area contributed by atoms with Crippen LogP contribution in [0.25, 0.3) is 0 Å². The topological polar surface area (TPSA) is 84.0 Å². The second-order valence-electron chi connectivity index (χ2n) is 4.88. The zero-order valence-electron chi connectivity index (χ0n) is 13.2. The van der Waals surface area contributed by atoms with E-state index >= 15 is 0 Å². The number of hydrogen-bond acceptors (Lipinski definition) is 7. The lowest BCUT2D eigenvalue weighted by atomic mass is 10.2. The second kappa shape index (κ2) is 9.81. The molecule has 0 bridgehead atoms. The van der Waals surface area contributed by atoms with E-state index in [4.69, 9.17) is 11.6 Å². The van der Waals surface area contributed by atoms with Gasteiger partial charge in [0.15, 0.2) is 8.68 Å². The number of nitrogens with one attached hydrogen (secondary N) is 2. The van der Waals surface area contributed by atoms with Crippen LogP contribution >= 0.6 is 46.5 Å². The van der Waals surface area contributed by atoms with Gasteiger partial charge in [-0.15, -0.1) is 10.2 Å². The Morgan fingerprint density at radius 1 is 1.12 bits per heavy atom. The summed E-state index contributed by atoms with van der Waals surface area (Å²) < 4.78 is 1.53. The number of rotatable bonds is 7. The maximum atomic E-state index is 11.9. The van der Waals surface area contributed by atoms with Crippen LogP contribution in [0.3, 0.4) is 0 Å². The van der Waals surface area contributed by atoms with Gasteiger partial charge in [-0.25, -0.2) is 0 Å². The van der Waals surface area contributed by atoms with Crippen LogP contribution in [0.15, 0.2) is 45.1 Å². The lowest BCUT2D eigenvalue weighted by Gasteiger charge is -2.06. The van der Waals surface area contributed by atoms with Crippen molar-refractivity contribution < 1.29 is 9.59 Å². The molecule has 2 N–H and O–H groups in total. The average Bonchev–Trinajstić information content (AvgIpc) is 3.04. The van der Waals surface area contributed by atoms with E-state index in [2.05, 4.69) is 27.6 Å². The van der Waals surface area contributed by atoms with Crippen LogP contribution in [0, 0.1) is 0 Å². The van der Waals surface area contributed by atoms with Crippen molar-refractivity contribution in [2.45, 2.75) is 15.6 Å². The summed E-state index contributed by atoms with van der Waals surface area (Å²) in [5.74, 6) is 0.167. The Hall–Kier alpha value is -1.55. The number of hydrazine groups is 1. The van der Waals surface area contributed by atoms with Gasteiger partial charge in [0.2, 0.25) is 5.91 Å². The molecule has 2 rings (SSSR count). The zero-order valence-corrected chi connectivity index (χ0v) is 16.4. The number of benzene rings is 1. The minimum Gasteiger partial charge on any atom is -0.272 e. The van der Waals surface area contributed by atoms with Crippen LogP contribution in [0.4, 0.5) is 0 Å². The molecule has 10 heteroatoms. The zero-order chi connectivity index (χ0) is 18.2. The summed E-state index contributed by atoms with van der Waals surface area (Å²) in [6.45, 7) is 5.78.